The Balaban J connectivity index is 1.34. The van der Waals surface area contributed by atoms with Crippen LogP contribution in [0.5, 0.6) is 5.75 Å². The number of para-hydroxylation sites is 1. The zero-order valence-corrected chi connectivity index (χ0v) is 16.5. The molecule has 5 rings (SSSR count). The van der Waals surface area contributed by atoms with E-state index in [4.69, 9.17) is 9.15 Å². The highest BCUT2D eigenvalue weighted by molar-refractivity contribution is 7.17. The summed E-state index contributed by atoms with van der Waals surface area (Å²) in [6, 6.07) is 9.01. The van der Waals surface area contributed by atoms with Crippen LogP contribution in [0.3, 0.4) is 0 Å². The van der Waals surface area contributed by atoms with Gasteiger partial charge in [0, 0.05) is 18.5 Å². The van der Waals surface area contributed by atoms with Crippen molar-refractivity contribution in [3.63, 3.8) is 0 Å². The molecule has 1 amide bonds. The summed E-state index contributed by atoms with van der Waals surface area (Å²) < 4.78 is 13.2. The van der Waals surface area contributed by atoms with Crippen molar-refractivity contribution in [1.29, 1.82) is 0 Å². The van der Waals surface area contributed by atoms with Gasteiger partial charge in [0.1, 0.15) is 10.2 Å². The number of likely N-dealkylation sites (tertiary alicyclic amines) is 1. The Kier molecular flexibility index (Phi) is 4.31. The number of benzene rings is 1. The molecule has 1 fully saturated rings. The number of carbonyl (C=O) groups is 1. The van der Waals surface area contributed by atoms with Gasteiger partial charge in [-0.15, -0.1) is 16.4 Å². The van der Waals surface area contributed by atoms with Crippen molar-refractivity contribution in [1.82, 2.24) is 19.9 Å². The first-order valence-electron chi connectivity index (χ1n) is 9.34. The molecule has 0 radical (unpaired) electrons. The fraction of sp³-hybridized carbons (Fsp3) is 0.300. The van der Waals surface area contributed by atoms with Gasteiger partial charge < -0.3 is 14.1 Å². The van der Waals surface area contributed by atoms with Gasteiger partial charge in [-0.05, 0) is 36.4 Å². The summed E-state index contributed by atoms with van der Waals surface area (Å²) in [5.74, 6) is 0.732. The van der Waals surface area contributed by atoms with Gasteiger partial charge in [-0.1, -0.05) is 17.3 Å². The Morgan fingerprint density at radius 2 is 2.10 bits per heavy atom. The minimum Gasteiger partial charge on any atom is -0.493 e. The van der Waals surface area contributed by atoms with Crippen LogP contribution in [-0.2, 0) is 0 Å². The molecule has 0 aliphatic carbocycles. The van der Waals surface area contributed by atoms with Gasteiger partial charge in [0.25, 0.3) is 11.5 Å². The molecule has 4 heterocycles. The maximum Gasteiger partial charge on any atom is 0.289 e. The van der Waals surface area contributed by atoms with Crippen molar-refractivity contribution in [3.8, 4) is 5.75 Å². The Morgan fingerprint density at radius 3 is 2.90 bits per heavy atom. The Labute approximate surface area is 169 Å². The fourth-order valence-electron chi connectivity index (χ4n) is 3.79. The van der Waals surface area contributed by atoms with Crippen LogP contribution < -0.4 is 10.3 Å². The van der Waals surface area contributed by atoms with E-state index < -0.39 is 0 Å². The molecule has 0 N–H and O–H groups in total. The second kappa shape index (κ2) is 7.00. The van der Waals surface area contributed by atoms with E-state index in [0.717, 1.165) is 5.39 Å². The number of nitrogens with zero attached hydrogens (tertiary/aromatic N) is 4. The van der Waals surface area contributed by atoms with Crippen molar-refractivity contribution >= 4 is 38.4 Å². The lowest BCUT2D eigenvalue weighted by molar-refractivity contribution is 0.0657. The summed E-state index contributed by atoms with van der Waals surface area (Å²) >= 11 is 1.38. The number of furan rings is 1. The van der Waals surface area contributed by atoms with Crippen LogP contribution in [0.15, 0.2) is 44.9 Å². The van der Waals surface area contributed by atoms with E-state index in [1.807, 2.05) is 17.5 Å². The Bertz CT molecular complexity index is 1270. The van der Waals surface area contributed by atoms with E-state index in [1.165, 1.54) is 16.0 Å². The van der Waals surface area contributed by atoms with E-state index in [0.29, 0.717) is 53.2 Å². The Morgan fingerprint density at radius 1 is 1.28 bits per heavy atom. The number of aromatic nitrogens is 3. The lowest BCUT2D eigenvalue weighted by Gasteiger charge is -2.31. The third kappa shape index (κ3) is 2.98. The Hall–Kier alpha value is -3.20. The van der Waals surface area contributed by atoms with E-state index in [2.05, 4.69) is 10.3 Å². The molecule has 8 nitrogen and oxygen atoms in total. The highest BCUT2D eigenvalue weighted by atomic mass is 32.1. The van der Waals surface area contributed by atoms with E-state index in [1.54, 1.807) is 30.2 Å². The molecule has 148 valence electrons. The SMILES string of the molecule is COc1cccc2cc(C(=O)N3CCC(n4nnc5ccsc5c4=O)CC3)oc12. The average molecular weight is 410 g/mol. The predicted molar refractivity (Wildman–Crippen MR) is 109 cm³/mol. The molecule has 1 aromatic carbocycles. The molecular weight excluding hydrogens is 392 g/mol. The fourth-order valence-corrected chi connectivity index (χ4v) is 4.55. The van der Waals surface area contributed by atoms with Crippen molar-refractivity contribution in [3.05, 3.63) is 51.8 Å². The molecular formula is C20H18N4O4S. The summed E-state index contributed by atoms with van der Waals surface area (Å²) in [7, 11) is 1.57. The quantitative estimate of drug-likeness (QED) is 0.516. The molecule has 29 heavy (non-hydrogen) atoms. The number of amides is 1. The highest BCUT2D eigenvalue weighted by Crippen LogP contribution is 2.30. The molecule has 9 heteroatoms. The normalized spacial score (nSPS) is 15.3. The minimum atomic E-state index is -0.158. The molecule has 4 aromatic rings. The molecule has 1 aliphatic rings. The van der Waals surface area contributed by atoms with Crippen molar-refractivity contribution in [2.24, 2.45) is 0 Å². The average Bonchev–Trinajstić information content (AvgIpc) is 3.41. The standard InChI is InChI=1S/C20H18N4O4S/c1-27-15-4-2-3-12-11-16(28-17(12)15)19(25)23-8-5-13(6-9-23)24-20(26)18-14(21-22-24)7-10-29-18/h2-4,7,10-11,13H,5-6,8-9H2,1H3. The molecule has 0 saturated carbocycles. The highest BCUT2D eigenvalue weighted by Gasteiger charge is 2.28. The molecule has 0 spiro atoms. The van der Waals surface area contributed by atoms with Crippen molar-refractivity contribution in [2.75, 3.05) is 20.2 Å². The molecule has 1 aliphatic heterocycles. The van der Waals surface area contributed by atoms with Gasteiger partial charge >= 0.3 is 0 Å². The van der Waals surface area contributed by atoms with E-state index in [-0.39, 0.29) is 17.5 Å². The number of thiophene rings is 1. The van der Waals surface area contributed by atoms with Gasteiger partial charge in [0.15, 0.2) is 17.1 Å². The van der Waals surface area contributed by atoms with E-state index in [9.17, 15) is 9.59 Å². The van der Waals surface area contributed by atoms with Crippen LogP contribution >= 0.6 is 11.3 Å². The number of hydrogen-bond acceptors (Lipinski definition) is 7. The zero-order valence-electron chi connectivity index (χ0n) is 15.7. The van der Waals surface area contributed by atoms with Crippen LogP contribution in [0.4, 0.5) is 0 Å². The third-order valence-electron chi connectivity index (χ3n) is 5.33. The van der Waals surface area contributed by atoms with Crippen LogP contribution in [0, 0.1) is 0 Å². The number of carbonyl (C=O) groups excluding carboxylic acids is 1. The van der Waals surface area contributed by atoms with Crippen LogP contribution in [-0.4, -0.2) is 46.0 Å². The van der Waals surface area contributed by atoms with Crippen molar-refractivity contribution < 1.29 is 13.9 Å². The molecule has 0 bridgehead atoms. The maximum absolute atomic E-state index is 12.9. The second-order valence-corrected chi connectivity index (χ2v) is 7.90. The van der Waals surface area contributed by atoms with Gasteiger partial charge in [-0.25, -0.2) is 4.68 Å². The van der Waals surface area contributed by atoms with Gasteiger partial charge in [0.2, 0.25) is 0 Å². The number of hydrogen-bond donors (Lipinski definition) is 0. The van der Waals surface area contributed by atoms with E-state index >= 15 is 0 Å². The summed E-state index contributed by atoms with van der Waals surface area (Å²) in [6.45, 7) is 1.04. The molecule has 3 aromatic heterocycles. The topological polar surface area (TPSA) is 90.5 Å². The predicted octanol–water partition coefficient (Wildman–Crippen LogP) is 3.09. The zero-order chi connectivity index (χ0) is 20.0. The molecule has 0 atom stereocenters. The number of ether oxygens (including phenoxy) is 1. The monoisotopic (exact) mass is 410 g/mol. The van der Waals surface area contributed by atoms with Crippen LogP contribution in [0.25, 0.3) is 21.2 Å². The lowest BCUT2D eigenvalue weighted by atomic mass is 10.0. The first kappa shape index (κ1) is 17.9. The first-order chi connectivity index (χ1) is 14.2. The summed E-state index contributed by atoms with van der Waals surface area (Å²) in [6.07, 6.45) is 1.28. The number of piperidine rings is 1. The molecule has 0 unspecified atom stereocenters. The number of rotatable bonds is 3. The third-order valence-corrected chi connectivity index (χ3v) is 6.22. The van der Waals surface area contributed by atoms with Crippen LogP contribution in [0.1, 0.15) is 29.4 Å². The second-order valence-electron chi connectivity index (χ2n) is 6.99. The number of methoxy groups -OCH3 is 1. The van der Waals surface area contributed by atoms with Crippen molar-refractivity contribution in [2.45, 2.75) is 18.9 Å². The minimum absolute atomic E-state index is 0.0682. The lowest BCUT2D eigenvalue weighted by Crippen LogP contribution is -2.41. The smallest absolute Gasteiger partial charge is 0.289 e. The largest absolute Gasteiger partial charge is 0.493 e. The van der Waals surface area contributed by atoms with Gasteiger partial charge in [-0.2, -0.15) is 0 Å². The van der Waals surface area contributed by atoms with Gasteiger partial charge in [-0.3, -0.25) is 9.59 Å². The number of fused-ring (bicyclic) bond motifs is 2. The summed E-state index contributed by atoms with van der Waals surface area (Å²) in [4.78, 5) is 27.3. The molecule has 1 saturated heterocycles. The summed E-state index contributed by atoms with van der Waals surface area (Å²) in [5, 5.41) is 10.9. The van der Waals surface area contributed by atoms with Gasteiger partial charge in [0.05, 0.1) is 13.2 Å². The van der Waals surface area contributed by atoms with Crippen LogP contribution in [0.2, 0.25) is 0 Å². The first-order valence-corrected chi connectivity index (χ1v) is 10.2. The summed E-state index contributed by atoms with van der Waals surface area (Å²) in [5.41, 5.74) is 1.09. The maximum atomic E-state index is 12.9.